The molecule has 27 heavy (non-hydrogen) atoms. The van der Waals surface area contributed by atoms with Crippen molar-refractivity contribution in [3.63, 3.8) is 0 Å². The number of aromatic nitrogens is 2. The van der Waals surface area contributed by atoms with Crippen molar-refractivity contribution in [1.82, 2.24) is 14.9 Å². The van der Waals surface area contributed by atoms with Gasteiger partial charge in [-0.05, 0) is 48.9 Å². The van der Waals surface area contributed by atoms with Gasteiger partial charge in [-0.1, -0.05) is 0 Å². The summed E-state index contributed by atoms with van der Waals surface area (Å²) in [4.78, 5) is 14.9. The van der Waals surface area contributed by atoms with Gasteiger partial charge in [0.05, 0.1) is 11.1 Å². The molecule has 1 saturated heterocycles. The fourth-order valence-corrected chi connectivity index (χ4v) is 3.64. The molecular weight excluding hydrogens is 340 g/mol. The van der Waals surface area contributed by atoms with E-state index in [4.69, 9.17) is 4.42 Å². The summed E-state index contributed by atoms with van der Waals surface area (Å²) in [6, 6.07) is 13.9. The summed E-state index contributed by atoms with van der Waals surface area (Å²) in [5.74, 6) is 0. The Morgan fingerprint density at radius 2 is 1.93 bits per heavy atom. The van der Waals surface area contributed by atoms with E-state index in [1.165, 1.54) is 0 Å². The van der Waals surface area contributed by atoms with Gasteiger partial charge in [-0.25, -0.2) is 9.31 Å². The smallest absolute Gasteiger partial charge is 0.345 e. The lowest BCUT2D eigenvalue weighted by Gasteiger charge is -2.29. The zero-order valence-corrected chi connectivity index (χ0v) is 15.1. The number of aryl methyl sites for hydroxylation is 1. The molecule has 0 bridgehead atoms. The second kappa shape index (κ2) is 6.25. The van der Waals surface area contributed by atoms with E-state index in [2.05, 4.69) is 21.4 Å². The molecule has 1 aromatic carbocycles. The van der Waals surface area contributed by atoms with Crippen LogP contribution < -0.4 is 15.8 Å². The maximum absolute atomic E-state index is 12.6. The minimum absolute atomic E-state index is 0.361. The molecule has 136 valence electrons. The van der Waals surface area contributed by atoms with Crippen molar-refractivity contribution in [2.24, 2.45) is 0 Å². The highest BCUT2D eigenvalue weighted by Gasteiger charge is 2.15. The molecule has 1 aliphatic heterocycles. The number of nitrogens with zero attached hydrogens (tertiary/aromatic N) is 3. The Balaban J connectivity index is 1.58. The number of pyridine rings is 1. The van der Waals surface area contributed by atoms with Crippen LogP contribution >= 0.6 is 0 Å². The third-order valence-electron chi connectivity index (χ3n) is 5.10. The van der Waals surface area contributed by atoms with Gasteiger partial charge in [0.2, 0.25) is 0 Å². The highest BCUT2D eigenvalue weighted by Crippen LogP contribution is 2.25. The maximum atomic E-state index is 12.6. The summed E-state index contributed by atoms with van der Waals surface area (Å²) in [5.41, 5.74) is 4.56. The number of anilines is 1. The summed E-state index contributed by atoms with van der Waals surface area (Å²) in [6.45, 7) is 5.87. The van der Waals surface area contributed by atoms with E-state index >= 15 is 0 Å². The Morgan fingerprint density at radius 1 is 1.07 bits per heavy atom. The monoisotopic (exact) mass is 360 g/mol. The fraction of sp³-hybridized carbons (Fsp3) is 0.238. The van der Waals surface area contributed by atoms with Crippen LogP contribution in [0.2, 0.25) is 0 Å². The SMILES string of the molecule is Cc1ccn2nc(-c3cc4ccc(N5CCNCC5)cc4oc3=O)cc2c1. The first-order chi connectivity index (χ1) is 13.2. The molecule has 0 aliphatic carbocycles. The quantitative estimate of drug-likeness (QED) is 0.557. The van der Waals surface area contributed by atoms with Gasteiger partial charge in [0.15, 0.2) is 0 Å². The van der Waals surface area contributed by atoms with Gasteiger partial charge in [-0.2, -0.15) is 5.10 Å². The molecule has 4 heterocycles. The van der Waals surface area contributed by atoms with E-state index in [9.17, 15) is 4.79 Å². The lowest BCUT2D eigenvalue weighted by atomic mass is 10.1. The Morgan fingerprint density at radius 3 is 2.78 bits per heavy atom. The van der Waals surface area contributed by atoms with Crippen LogP contribution in [0.1, 0.15) is 5.56 Å². The van der Waals surface area contributed by atoms with Crippen LogP contribution in [0.3, 0.4) is 0 Å². The van der Waals surface area contributed by atoms with Gasteiger partial charge in [0.1, 0.15) is 11.3 Å². The second-order valence-electron chi connectivity index (χ2n) is 7.01. The molecule has 6 nitrogen and oxygen atoms in total. The van der Waals surface area contributed by atoms with Crippen LogP contribution in [0.5, 0.6) is 0 Å². The highest BCUT2D eigenvalue weighted by atomic mass is 16.4. The minimum Gasteiger partial charge on any atom is -0.422 e. The number of hydrogen-bond donors (Lipinski definition) is 1. The lowest BCUT2D eigenvalue weighted by molar-refractivity contribution is 0.561. The Hall–Kier alpha value is -3.12. The van der Waals surface area contributed by atoms with Crippen LogP contribution in [0, 0.1) is 6.92 Å². The largest absolute Gasteiger partial charge is 0.422 e. The molecule has 0 saturated carbocycles. The predicted octanol–water partition coefficient (Wildman–Crippen LogP) is 2.83. The third-order valence-corrected chi connectivity index (χ3v) is 5.10. The van der Waals surface area contributed by atoms with Crippen LogP contribution in [-0.2, 0) is 0 Å². The number of fused-ring (bicyclic) bond motifs is 2. The maximum Gasteiger partial charge on any atom is 0.345 e. The molecule has 0 amide bonds. The molecule has 0 atom stereocenters. The highest BCUT2D eigenvalue weighted by molar-refractivity contribution is 5.84. The molecule has 3 aromatic heterocycles. The van der Waals surface area contributed by atoms with Crippen molar-refractivity contribution in [2.45, 2.75) is 6.92 Å². The average molecular weight is 360 g/mol. The second-order valence-corrected chi connectivity index (χ2v) is 7.01. The Bertz CT molecular complexity index is 1200. The van der Waals surface area contributed by atoms with Gasteiger partial charge in [-0.15, -0.1) is 0 Å². The van der Waals surface area contributed by atoms with Crippen molar-refractivity contribution < 1.29 is 4.42 Å². The van der Waals surface area contributed by atoms with E-state index in [0.717, 1.165) is 48.3 Å². The minimum atomic E-state index is -0.361. The van der Waals surface area contributed by atoms with Gasteiger partial charge in [0, 0.05) is 49.5 Å². The number of piperazine rings is 1. The molecule has 0 unspecified atom stereocenters. The summed E-state index contributed by atoms with van der Waals surface area (Å²) in [6.07, 6.45) is 1.90. The van der Waals surface area contributed by atoms with E-state index in [1.54, 1.807) is 4.52 Å². The number of rotatable bonds is 2. The van der Waals surface area contributed by atoms with E-state index in [-0.39, 0.29) is 5.63 Å². The molecule has 1 fully saturated rings. The number of nitrogens with one attached hydrogen (secondary N) is 1. The summed E-state index contributed by atoms with van der Waals surface area (Å²) in [5, 5.41) is 8.77. The van der Waals surface area contributed by atoms with Gasteiger partial charge in [0.25, 0.3) is 0 Å². The van der Waals surface area contributed by atoms with E-state index in [1.807, 2.05) is 49.5 Å². The fourth-order valence-electron chi connectivity index (χ4n) is 3.64. The van der Waals surface area contributed by atoms with Crippen LogP contribution in [0.25, 0.3) is 27.7 Å². The number of benzene rings is 1. The molecule has 0 radical (unpaired) electrons. The number of hydrogen-bond acceptors (Lipinski definition) is 5. The first kappa shape index (κ1) is 16.1. The molecule has 1 aliphatic rings. The average Bonchev–Trinajstić information content (AvgIpc) is 3.10. The topological polar surface area (TPSA) is 62.8 Å². The van der Waals surface area contributed by atoms with Crippen LogP contribution in [0.15, 0.2) is 57.9 Å². The third kappa shape index (κ3) is 2.88. The van der Waals surface area contributed by atoms with Crippen molar-refractivity contribution in [1.29, 1.82) is 0 Å². The Labute approximate surface area is 156 Å². The predicted molar refractivity (Wildman–Crippen MR) is 106 cm³/mol. The molecular formula is C21H20N4O2. The van der Waals surface area contributed by atoms with Gasteiger partial charge >= 0.3 is 5.63 Å². The van der Waals surface area contributed by atoms with E-state index < -0.39 is 0 Å². The lowest BCUT2D eigenvalue weighted by Crippen LogP contribution is -2.43. The summed E-state index contributed by atoms with van der Waals surface area (Å²) >= 11 is 0. The zero-order valence-electron chi connectivity index (χ0n) is 15.1. The molecule has 0 spiro atoms. The first-order valence-electron chi connectivity index (χ1n) is 9.17. The van der Waals surface area contributed by atoms with Crippen molar-refractivity contribution in [2.75, 3.05) is 31.1 Å². The summed E-state index contributed by atoms with van der Waals surface area (Å²) < 4.78 is 7.43. The molecule has 4 aromatic rings. The molecule has 1 N–H and O–H groups in total. The van der Waals surface area contributed by atoms with Gasteiger partial charge < -0.3 is 14.6 Å². The summed E-state index contributed by atoms with van der Waals surface area (Å²) in [7, 11) is 0. The first-order valence-corrected chi connectivity index (χ1v) is 9.17. The Kier molecular flexibility index (Phi) is 3.72. The molecule has 5 rings (SSSR count). The normalized spacial score (nSPS) is 14.9. The van der Waals surface area contributed by atoms with Crippen molar-refractivity contribution in [3.05, 3.63) is 64.6 Å². The van der Waals surface area contributed by atoms with Crippen molar-refractivity contribution in [3.8, 4) is 11.3 Å². The standard InChI is InChI=1S/C21H20N4O2/c1-14-4-7-25-17(10-14)12-19(23-25)18-11-15-2-3-16(13-20(15)27-21(18)26)24-8-5-22-6-9-24/h2-4,7,10-13,22H,5-6,8-9H2,1H3. The molecule has 6 heteroatoms. The van der Waals surface area contributed by atoms with Gasteiger partial charge in [-0.3, -0.25) is 0 Å². The van der Waals surface area contributed by atoms with Crippen LogP contribution in [-0.4, -0.2) is 35.8 Å². The van der Waals surface area contributed by atoms with Crippen molar-refractivity contribution >= 4 is 22.2 Å². The zero-order chi connectivity index (χ0) is 18.4. The van der Waals surface area contributed by atoms with Crippen LogP contribution in [0.4, 0.5) is 5.69 Å². The van der Waals surface area contributed by atoms with E-state index in [0.29, 0.717) is 16.8 Å².